The summed E-state index contributed by atoms with van der Waals surface area (Å²) in [5.41, 5.74) is -0.0811. The summed E-state index contributed by atoms with van der Waals surface area (Å²) in [7, 11) is 0. The molecule has 2 heterocycles. The van der Waals surface area contributed by atoms with Crippen LogP contribution in [0, 0.1) is 10.1 Å². The predicted octanol–water partition coefficient (Wildman–Crippen LogP) is 2.41. The minimum atomic E-state index is -0.488. The summed E-state index contributed by atoms with van der Waals surface area (Å²) in [6.07, 6.45) is 4.98. The lowest BCUT2D eigenvalue weighted by molar-refractivity contribution is -0.384. The first-order chi connectivity index (χ1) is 9.16. The van der Waals surface area contributed by atoms with E-state index in [0.717, 1.165) is 18.7 Å². The summed E-state index contributed by atoms with van der Waals surface area (Å²) in [6, 6.07) is 2.73. The Morgan fingerprint density at radius 1 is 1.47 bits per heavy atom. The molecule has 19 heavy (non-hydrogen) atoms. The maximum Gasteiger partial charge on any atom is 0.311 e. The van der Waals surface area contributed by atoms with Crippen molar-refractivity contribution in [2.75, 3.05) is 11.9 Å². The Bertz CT molecular complexity index is 558. The number of nitrogens with one attached hydrogen (secondary N) is 2. The van der Waals surface area contributed by atoms with E-state index >= 15 is 0 Å². The molecule has 0 atom stereocenters. The first-order valence-corrected chi connectivity index (χ1v) is 6.07. The van der Waals surface area contributed by atoms with Crippen molar-refractivity contribution in [2.45, 2.75) is 12.8 Å². The average molecular weight is 282 g/mol. The molecule has 0 unspecified atom stereocenters. The summed E-state index contributed by atoms with van der Waals surface area (Å²) < 4.78 is 0. The van der Waals surface area contributed by atoms with Gasteiger partial charge in [0.25, 0.3) is 0 Å². The summed E-state index contributed by atoms with van der Waals surface area (Å²) in [4.78, 5) is 21.3. The number of hydrogen-bond donors (Lipinski definition) is 2. The van der Waals surface area contributed by atoms with Gasteiger partial charge in [0.15, 0.2) is 0 Å². The quantitative estimate of drug-likeness (QED) is 0.367. The molecule has 7 nitrogen and oxygen atoms in total. The van der Waals surface area contributed by atoms with E-state index in [-0.39, 0.29) is 16.7 Å². The van der Waals surface area contributed by atoms with Crippen molar-refractivity contribution < 1.29 is 4.92 Å². The molecule has 2 aromatic heterocycles. The molecule has 0 aliphatic heterocycles. The highest BCUT2D eigenvalue weighted by Gasteiger charge is 2.14. The highest BCUT2D eigenvalue weighted by Crippen LogP contribution is 2.23. The third-order valence-corrected chi connectivity index (χ3v) is 2.68. The third-order valence-electron chi connectivity index (χ3n) is 2.47. The van der Waals surface area contributed by atoms with E-state index in [1.54, 1.807) is 12.4 Å². The van der Waals surface area contributed by atoms with Gasteiger partial charge in [0.2, 0.25) is 5.82 Å². The van der Waals surface area contributed by atoms with Gasteiger partial charge in [0.1, 0.15) is 11.0 Å². The van der Waals surface area contributed by atoms with Gasteiger partial charge >= 0.3 is 5.69 Å². The zero-order chi connectivity index (χ0) is 13.7. The Morgan fingerprint density at radius 3 is 3.00 bits per heavy atom. The van der Waals surface area contributed by atoms with Crippen molar-refractivity contribution in [3.63, 3.8) is 0 Å². The number of aryl methyl sites for hydroxylation is 1. The standard InChI is InChI=1S/C11H12ClN5O2/c12-9-4-3-8(17(18)19)11(16-9)15-5-1-2-10-13-6-7-14-10/h3-4,6-7H,1-2,5H2,(H,13,14)(H,15,16). The van der Waals surface area contributed by atoms with Crippen LogP contribution in [-0.2, 0) is 6.42 Å². The van der Waals surface area contributed by atoms with Crippen molar-refractivity contribution in [2.24, 2.45) is 0 Å². The molecule has 0 bridgehead atoms. The summed E-state index contributed by atoms with van der Waals surface area (Å²) in [5, 5.41) is 14.0. The molecule has 2 N–H and O–H groups in total. The number of imidazole rings is 1. The van der Waals surface area contributed by atoms with E-state index in [9.17, 15) is 10.1 Å². The maximum atomic E-state index is 10.8. The van der Waals surface area contributed by atoms with Gasteiger partial charge in [-0.05, 0) is 12.5 Å². The molecule has 0 aliphatic carbocycles. The van der Waals surface area contributed by atoms with Crippen LogP contribution in [0.4, 0.5) is 11.5 Å². The molecule has 0 aliphatic rings. The summed E-state index contributed by atoms with van der Waals surface area (Å²) in [6.45, 7) is 0.550. The first kappa shape index (κ1) is 13.3. The van der Waals surface area contributed by atoms with Crippen LogP contribution >= 0.6 is 11.6 Å². The molecular weight excluding hydrogens is 270 g/mol. The molecule has 0 aromatic carbocycles. The van der Waals surface area contributed by atoms with Gasteiger partial charge in [0.05, 0.1) is 4.92 Å². The largest absolute Gasteiger partial charge is 0.364 e. The van der Waals surface area contributed by atoms with Crippen molar-refractivity contribution in [1.82, 2.24) is 15.0 Å². The maximum absolute atomic E-state index is 10.8. The molecule has 0 amide bonds. The number of halogens is 1. The molecule has 0 spiro atoms. The fourth-order valence-electron chi connectivity index (χ4n) is 1.60. The molecule has 100 valence electrons. The van der Waals surface area contributed by atoms with Gasteiger partial charge in [-0.1, -0.05) is 11.6 Å². The molecule has 0 saturated carbocycles. The van der Waals surface area contributed by atoms with Crippen molar-refractivity contribution in [3.8, 4) is 0 Å². The molecule has 2 rings (SSSR count). The Labute approximate surface area is 114 Å². The second kappa shape index (κ2) is 6.14. The van der Waals surface area contributed by atoms with Gasteiger partial charge < -0.3 is 10.3 Å². The van der Waals surface area contributed by atoms with Gasteiger partial charge in [-0.2, -0.15) is 0 Å². The van der Waals surface area contributed by atoms with Crippen molar-refractivity contribution >= 4 is 23.1 Å². The van der Waals surface area contributed by atoms with Crippen molar-refractivity contribution in [1.29, 1.82) is 0 Å². The van der Waals surface area contributed by atoms with Crippen LogP contribution in [-0.4, -0.2) is 26.4 Å². The second-order valence-corrected chi connectivity index (χ2v) is 4.21. The highest BCUT2D eigenvalue weighted by atomic mass is 35.5. The van der Waals surface area contributed by atoms with E-state index < -0.39 is 4.92 Å². The number of anilines is 1. The average Bonchev–Trinajstić information content (AvgIpc) is 2.87. The van der Waals surface area contributed by atoms with Crippen molar-refractivity contribution in [3.05, 3.63) is 45.6 Å². The van der Waals surface area contributed by atoms with Gasteiger partial charge in [-0.15, -0.1) is 0 Å². The fraction of sp³-hybridized carbons (Fsp3) is 0.273. The molecule has 2 aromatic rings. The number of hydrogen-bond acceptors (Lipinski definition) is 5. The lowest BCUT2D eigenvalue weighted by Gasteiger charge is -2.05. The molecule has 8 heteroatoms. The number of pyridine rings is 1. The zero-order valence-corrected chi connectivity index (χ0v) is 10.7. The molecular formula is C11H12ClN5O2. The van der Waals surface area contributed by atoms with E-state index in [0.29, 0.717) is 6.54 Å². The monoisotopic (exact) mass is 281 g/mol. The van der Waals surface area contributed by atoms with Gasteiger partial charge in [0, 0.05) is 31.4 Å². The van der Waals surface area contributed by atoms with E-state index in [1.807, 2.05) is 0 Å². The van der Waals surface area contributed by atoms with Gasteiger partial charge in [-0.25, -0.2) is 9.97 Å². The SMILES string of the molecule is O=[N+]([O-])c1ccc(Cl)nc1NCCCc1ncc[nH]1. The van der Waals surface area contributed by atoms with E-state index in [4.69, 9.17) is 11.6 Å². The summed E-state index contributed by atoms with van der Waals surface area (Å²) in [5.74, 6) is 1.08. The van der Waals surface area contributed by atoms with Crippen LogP contribution in [0.3, 0.4) is 0 Å². The Kier molecular flexibility index (Phi) is 4.30. The van der Waals surface area contributed by atoms with Crippen LogP contribution in [0.2, 0.25) is 5.15 Å². The minimum absolute atomic E-state index is 0.0811. The second-order valence-electron chi connectivity index (χ2n) is 3.83. The van der Waals surface area contributed by atoms with Gasteiger partial charge in [-0.3, -0.25) is 10.1 Å². The third kappa shape index (κ3) is 3.65. The number of H-pyrrole nitrogens is 1. The Hall–Kier alpha value is -2.15. The normalized spacial score (nSPS) is 10.4. The lowest BCUT2D eigenvalue weighted by atomic mass is 10.3. The molecule has 0 saturated heterocycles. The highest BCUT2D eigenvalue weighted by molar-refractivity contribution is 6.29. The molecule has 0 fully saturated rings. The smallest absolute Gasteiger partial charge is 0.311 e. The Morgan fingerprint density at radius 2 is 2.32 bits per heavy atom. The molecule has 0 radical (unpaired) electrons. The number of nitro groups is 1. The first-order valence-electron chi connectivity index (χ1n) is 5.70. The van der Waals surface area contributed by atoms with E-state index in [2.05, 4.69) is 20.3 Å². The summed E-state index contributed by atoms with van der Waals surface area (Å²) >= 11 is 5.73. The topological polar surface area (TPSA) is 96.7 Å². The minimum Gasteiger partial charge on any atom is -0.364 e. The van der Waals surface area contributed by atoms with E-state index in [1.165, 1.54) is 12.1 Å². The van der Waals surface area contributed by atoms with Crippen LogP contribution < -0.4 is 5.32 Å². The lowest BCUT2D eigenvalue weighted by Crippen LogP contribution is -2.07. The van der Waals surface area contributed by atoms with Crippen LogP contribution in [0.25, 0.3) is 0 Å². The predicted molar refractivity (Wildman–Crippen MR) is 71.3 cm³/mol. The number of nitrogens with zero attached hydrogens (tertiary/aromatic N) is 3. The number of rotatable bonds is 6. The van der Waals surface area contributed by atoms with Crippen LogP contribution in [0.5, 0.6) is 0 Å². The number of aromatic nitrogens is 3. The zero-order valence-electron chi connectivity index (χ0n) is 9.97. The Balaban J connectivity index is 1.91. The van der Waals surface area contributed by atoms with Crippen LogP contribution in [0.15, 0.2) is 24.5 Å². The fourth-order valence-corrected chi connectivity index (χ4v) is 1.75. The number of aromatic amines is 1. The van der Waals surface area contributed by atoms with Crippen LogP contribution in [0.1, 0.15) is 12.2 Å².